The van der Waals surface area contributed by atoms with E-state index in [0.717, 1.165) is 12.5 Å². The van der Waals surface area contributed by atoms with Crippen molar-refractivity contribution in [2.24, 2.45) is 11.8 Å². The van der Waals surface area contributed by atoms with Crippen molar-refractivity contribution in [3.05, 3.63) is 28.3 Å². The van der Waals surface area contributed by atoms with Crippen LogP contribution >= 0.6 is 0 Å². The Balaban J connectivity index is 2.31. The van der Waals surface area contributed by atoms with E-state index in [1.807, 2.05) is 13.8 Å². The zero-order valence-electron chi connectivity index (χ0n) is 16.0. The van der Waals surface area contributed by atoms with Gasteiger partial charge in [0.1, 0.15) is 5.69 Å². The maximum atomic E-state index is 12.9. The van der Waals surface area contributed by atoms with E-state index in [4.69, 9.17) is 0 Å². The molecular weight excluding hydrogens is 372 g/mol. The smallest absolute Gasteiger partial charge is 0.293 e. The van der Waals surface area contributed by atoms with E-state index in [0.29, 0.717) is 13.1 Å². The van der Waals surface area contributed by atoms with Gasteiger partial charge in [-0.25, -0.2) is 8.42 Å². The molecule has 0 radical (unpaired) electrons. The number of nitrogens with zero attached hydrogens (tertiary/aromatic N) is 3. The van der Waals surface area contributed by atoms with Crippen molar-refractivity contribution >= 4 is 27.3 Å². The molecule has 2 atom stereocenters. The van der Waals surface area contributed by atoms with Crippen LogP contribution in [0.5, 0.6) is 0 Å². The second kappa shape index (κ2) is 8.22. The van der Waals surface area contributed by atoms with Crippen LogP contribution in [0.2, 0.25) is 0 Å². The lowest BCUT2D eigenvalue weighted by Gasteiger charge is -2.34. The molecule has 0 aliphatic carbocycles. The van der Waals surface area contributed by atoms with Crippen LogP contribution in [-0.4, -0.2) is 62.2 Å². The summed E-state index contributed by atoms with van der Waals surface area (Å²) in [4.78, 5) is 23.7. The van der Waals surface area contributed by atoms with Crippen molar-refractivity contribution in [3.63, 3.8) is 0 Å². The Morgan fingerprint density at radius 1 is 1.30 bits per heavy atom. The lowest BCUT2D eigenvalue weighted by atomic mass is 9.94. The maximum Gasteiger partial charge on any atom is 0.293 e. The number of sulfonamides is 1. The molecule has 9 nitrogen and oxygen atoms in total. The van der Waals surface area contributed by atoms with Crippen molar-refractivity contribution in [2.75, 3.05) is 39.0 Å². The number of nitro benzene ring substituents is 1. The van der Waals surface area contributed by atoms with E-state index < -0.39 is 14.9 Å². The molecule has 1 saturated heterocycles. The first-order valence-electron chi connectivity index (χ1n) is 8.75. The van der Waals surface area contributed by atoms with E-state index in [9.17, 15) is 23.3 Å². The number of hydrogen-bond acceptors (Lipinski definition) is 6. The normalized spacial score (nSPS) is 20.9. The fraction of sp³-hybridized carbons (Fsp3) is 0.588. The first-order valence-corrected chi connectivity index (χ1v) is 10.2. The van der Waals surface area contributed by atoms with Crippen molar-refractivity contribution < 1.29 is 18.1 Å². The molecule has 0 bridgehead atoms. The summed E-state index contributed by atoms with van der Waals surface area (Å²) in [5.41, 5.74) is -0.268. The molecule has 1 fully saturated rings. The van der Waals surface area contributed by atoms with Crippen LogP contribution in [0.15, 0.2) is 23.1 Å². The molecule has 10 heteroatoms. The van der Waals surface area contributed by atoms with E-state index in [2.05, 4.69) is 5.32 Å². The van der Waals surface area contributed by atoms with E-state index in [1.54, 1.807) is 14.1 Å². The Hall–Kier alpha value is -2.20. The zero-order chi connectivity index (χ0) is 20.4. The van der Waals surface area contributed by atoms with Gasteiger partial charge in [-0.05, 0) is 30.4 Å². The second-order valence-electron chi connectivity index (χ2n) is 7.35. The molecular formula is C17H26N4O5S. The monoisotopic (exact) mass is 398 g/mol. The molecule has 27 heavy (non-hydrogen) atoms. The van der Waals surface area contributed by atoms with Crippen molar-refractivity contribution in [1.29, 1.82) is 0 Å². The summed E-state index contributed by atoms with van der Waals surface area (Å²) in [5, 5.41) is 14.1. The highest BCUT2D eigenvalue weighted by Gasteiger charge is 2.33. The Morgan fingerprint density at radius 2 is 1.89 bits per heavy atom. The number of anilines is 1. The third-order valence-corrected chi connectivity index (χ3v) is 6.40. The Labute approximate surface area is 159 Å². The Kier molecular flexibility index (Phi) is 6.42. The van der Waals surface area contributed by atoms with E-state index >= 15 is 0 Å². The quantitative estimate of drug-likeness (QED) is 0.577. The molecule has 1 aliphatic rings. The molecule has 0 unspecified atom stereocenters. The molecule has 1 aromatic carbocycles. The number of piperidine rings is 1. The highest BCUT2D eigenvalue weighted by Crippen LogP contribution is 2.31. The fourth-order valence-corrected chi connectivity index (χ4v) is 4.95. The zero-order valence-corrected chi connectivity index (χ0v) is 16.8. The van der Waals surface area contributed by atoms with E-state index in [-0.39, 0.29) is 40.6 Å². The topological polar surface area (TPSA) is 113 Å². The minimum absolute atomic E-state index is 0.106. The summed E-state index contributed by atoms with van der Waals surface area (Å²) in [6.07, 6.45) is 0.953. The number of hydrogen-bond donors (Lipinski definition) is 1. The van der Waals surface area contributed by atoms with Gasteiger partial charge in [-0.2, -0.15) is 4.31 Å². The van der Waals surface area contributed by atoms with Crippen LogP contribution in [0.1, 0.15) is 20.3 Å². The van der Waals surface area contributed by atoms with Crippen LogP contribution in [-0.2, 0) is 14.8 Å². The number of carbonyl (C=O) groups excluding carboxylic acids is 1. The number of likely N-dealkylation sites (N-methyl/N-ethyl adjacent to an activating group) is 1. The van der Waals surface area contributed by atoms with Gasteiger partial charge in [-0.1, -0.05) is 13.8 Å². The van der Waals surface area contributed by atoms with Crippen molar-refractivity contribution in [1.82, 2.24) is 9.21 Å². The predicted molar refractivity (Wildman–Crippen MR) is 102 cm³/mol. The Morgan fingerprint density at radius 3 is 2.41 bits per heavy atom. The van der Waals surface area contributed by atoms with Gasteiger partial charge in [0.05, 0.1) is 16.4 Å². The molecule has 1 N–H and O–H groups in total. The lowest BCUT2D eigenvalue weighted by Crippen LogP contribution is -2.42. The summed E-state index contributed by atoms with van der Waals surface area (Å²) < 4.78 is 27.3. The highest BCUT2D eigenvalue weighted by atomic mass is 32.2. The number of rotatable bonds is 6. The van der Waals surface area contributed by atoms with Gasteiger partial charge < -0.3 is 10.2 Å². The number of amides is 1. The average molecular weight is 398 g/mol. The molecule has 0 aromatic heterocycles. The first-order chi connectivity index (χ1) is 12.5. The second-order valence-corrected chi connectivity index (χ2v) is 9.28. The summed E-state index contributed by atoms with van der Waals surface area (Å²) in [7, 11) is -0.663. The number of nitro groups is 1. The maximum absolute atomic E-state index is 12.9. The number of carbonyl (C=O) groups is 1. The molecule has 0 saturated carbocycles. The number of benzene rings is 1. The van der Waals surface area contributed by atoms with Gasteiger partial charge in [0.2, 0.25) is 15.9 Å². The Bertz CT molecular complexity index is 815. The minimum atomic E-state index is -3.82. The first kappa shape index (κ1) is 21.1. The third-order valence-electron chi connectivity index (χ3n) is 4.57. The van der Waals surface area contributed by atoms with Gasteiger partial charge in [-0.3, -0.25) is 14.9 Å². The highest BCUT2D eigenvalue weighted by molar-refractivity contribution is 7.89. The van der Waals surface area contributed by atoms with Gasteiger partial charge >= 0.3 is 0 Å². The molecule has 1 aliphatic heterocycles. The van der Waals surface area contributed by atoms with Gasteiger partial charge in [0, 0.05) is 33.3 Å². The molecule has 2 rings (SSSR count). The summed E-state index contributed by atoms with van der Waals surface area (Å²) in [6.45, 7) is 4.67. The molecule has 1 amide bonds. The fourth-order valence-electron chi connectivity index (χ4n) is 3.25. The van der Waals surface area contributed by atoms with Crippen LogP contribution < -0.4 is 5.32 Å². The van der Waals surface area contributed by atoms with E-state index in [1.165, 1.54) is 21.3 Å². The molecule has 1 aromatic rings. The van der Waals surface area contributed by atoms with Crippen LogP contribution in [0.4, 0.5) is 11.4 Å². The van der Waals surface area contributed by atoms with Crippen molar-refractivity contribution in [3.8, 4) is 0 Å². The van der Waals surface area contributed by atoms with Gasteiger partial charge in [0.25, 0.3) is 5.69 Å². The van der Waals surface area contributed by atoms with Crippen LogP contribution in [0.3, 0.4) is 0 Å². The minimum Gasteiger partial charge on any atom is -0.371 e. The number of nitrogens with one attached hydrogen (secondary N) is 1. The largest absolute Gasteiger partial charge is 0.371 e. The molecule has 0 spiro atoms. The molecule has 1 heterocycles. The summed E-state index contributed by atoms with van der Waals surface area (Å²) in [5.74, 6) is 0.213. The van der Waals surface area contributed by atoms with Gasteiger partial charge in [-0.15, -0.1) is 0 Å². The standard InChI is InChI=1S/C17H26N4O5S/c1-12-7-13(2)11-20(10-12)27(25,26)14-5-6-15(16(8-14)21(23)24)18-9-17(22)19(3)4/h5-6,8,12-13,18H,7,9-11H2,1-4H3/t12-,13+. The predicted octanol–water partition coefficient (Wildman–Crippen LogP) is 1.76. The average Bonchev–Trinajstić information content (AvgIpc) is 2.58. The summed E-state index contributed by atoms with van der Waals surface area (Å²) in [6, 6.07) is 3.74. The third kappa shape index (κ3) is 4.95. The summed E-state index contributed by atoms with van der Waals surface area (Å²) >= 11 is 0. The SMILES string of the molecule is C[C@@H]1C[C@H](C)CN(S(=O)(=O)c2ccc(NCC(=O)N(C)C)c([N+](=O)[O-])c2)C1. The van der Waals surface area contributed by atoms with Crippen LogP contribution in [0.25, 0.3) is 0 Å². The van der Waals surface area contributed by atoms with Crippen LogP contribution in [0, 0.1) is 22.0 Å². The van der Waals surface area contributed by atoms with Crippen molar-refractivity contribution in [2.45, 2.75) is 25.2 Å². The van der Waals surface area contributed by atoms with Gasteiger partial charge in [0.15, 0.2) is 0 Å². The molecule has 150 valence electrons. The lowest BCUT2D eigenvalue weighted by molar-refractivity contribution is -0.384.